The Kier molecular flexibility index (Phi) is 4.49. The number of carbonyl (C=O) groups excluding carboxylic acids is 1. The van der Waals surface area contributed by atoms with Crippen LogP contribution in [0.1, 0.15) is 34.1 Å². The molecule has 1 unspecified atom stereocenters. The highest BCUT2D eigenvalue weighted by molar-refractivity contribution is 5.85. The first-order chi connectivity index (χ1) is 7.07. The number of methoxy groups -OCH3 is 1. The molecule has 0 spiro atoms. The van der Waals surface area contributed by atoms with Crippen molar-refractivity contribution in [2.45, 2.75) is 45.3 Å². The summed E-state index contributed by atoms with van der Waals surface area (Å²) in [6.45, 7) is 6.46. The van der Waals surface area contributed by atoms with Gasteiger partial charge in [-0.25, -0.2) is 4.79 Å². The molecule has 0 fully saturated rings. The highest BCUT2D eigenvalue weighted by Crippen LogP contribution is 2.28. The van der Waals surface area contributed by atoms with Crippen LogP contribution in [0.3, 0.4) is 0 Å². The summed E-state index contributed by atoms with van der Waals surface area (Å²) < 4.78 is 5.21. The van der Waals surface area contributed by atoms with Gasteiger partial charge in [0.1, 0.15) is 5.54 Å². The third-order valence-corrected chi connectivity index (χ3v) is 3.00. The van der Waals surface area contributed by atoms with E-state index in [0.717, 1.165) is 0 Å². The van der Waals surface area contributed by atoms with Gasteiger partial charge in [0, 0.05) is 27.5 Å². The van der Waals surface area contributed by atoms with Crippen molar-refractivity contribution in [3.05, 3.63) is 0 Å². The summed E-state index contributed by atoms with van der Waals surface area (Å²) in [4.78, 5) is 23.8. The van der Waals surface area contributed by atoms with Crippen LogP contribution in [-0.4, -0.2) is 47.2 Å². The van der Waals surface area contributed by atoms with Crippen LogP contribution >= 0.6 is 0 Å². The molecule has 0 bridgehead atoms. The van der Waals surface area contributed by atoms with Crippen LogP contribution in [0, 0.1) is 0 Å². The monoisotopic (exact) mass is 231 g/mol. The quantitative estimate of drug-likeness (QED) is 0.770. The number of carbonyl (C=O) groups is 2. The summed E-state index contributed by atoms with van der Waals surface area (Å²) in [6, 6.07) is 0. The van der Waals surface area contributed by atoms with Crippen molar-refractivity contribution in [1.29, 1.82) is 0 Å². The standard InChI is InChI=1S/C11H21NO4/c1-8(13)12(5)11(4,9(14)15)7-10(2,3)16-6/h7H2,1-6H3,(H,14,15). The third-order valence-electron chi connectivity index (χ3n) is 3.00. The second kappa shape index (κ2) is 4.82. The van der Waals surface area contributed by atoms with Crippen LogP contribution < -0.4 is 0 Å². The minimum Gasteiger partial charge on any atom is -0.480 e. The molecule has 0 aliphatic heterocycles. The molecule has 0 aromatic carbocycles. The Balaban J connectivity index is 5.13. The van der Waals surface area contributed by atoms with Gasteiger partial charge in [0.15, 0.2) is 0 Å². The average molecular weight is 231 g/mol. The number of rotatable bonds is 5. The highest BCUT2D eigenvalue weighted by atomic mass is 16.5. The number of ether oxygens (including phenoxy) is 1. The van der Waals surface area contributed by atoms with Crippen molar-refractivity contribution in [2.24, 2.45) is 0 Å². The number of carboxylic acid groups (broad SMARTS) is 1. The lowest BCUT2D eigenvalue weighted by Crippen LogP contribution is -2.56. The van der Waals surface area contributed by atoms with Gasteiger partial charge < -0.3 is 14.7 Å². The summed E-state index contributed by atoms with van der Waals surface area (Å²) in [6.07, 6.45) is 0.224. The van der Waals surface area contributed by atoms with Crippen molar-refractivity contribution in [1.82, 2.24) is 4.90 Å². The van der Waals surface area contributed by atoms with E-state index in [0.29, 0.717) is 0 Å². The topological polar surface area (TPSA) is 66.8 Å². The molecule has 0 aliphatic rings. The number of hydrogen-bond donors (Lipinski definition) is 1. The number of nitrogens with zero attached hydrogens (tertiary/aromatic N) is 1. The molecular formula is C11H21NO4. The minimum atomic E-state index is -1.26. The molecule has 0 saturated heterocycles. The third kappa shape index (κ3) is 3.20. The SMILES string of the molecule is COC(C)(C)CC(C)(C(=O)O)N(C)C(C)=O. The lowest BCUT2D eigenvalue weighted by molar-refractivity contribution is -0.160. The molecule has 0 saturated carbocycles. The van der Waals surface area contributed by atoms with Gasteiger partial charge in [0.2, 0.25) is 5.91 Å². The Labute approximate surface area is 96.4 Å². The van der Waals surface area contributed by atoms with Gasteiger partial charge in [-0.15, -0.1) is 0 Å². The zero-order valence-electron chi connectivity index (χ0n) is 10.8. The van der Waals surface area contributed by atoms with E-state index in [1.807, 2.05) is 0 Å². The summed E-state index contributed by atoms with van der Waals surface area (Å²) >= 11 is 0. The zero-order valence-corrected chi connectivity index (χ0v) is 10.8. The fourth-order valence-corrected chi connectivity index (χ4v) is 1.59. The number of hydrogen-bond acceptors (Lipinski definition) is 3. The largest absolute Gasteiger partial charge is 0.480 e. The molecule has 1 amide bonds. The maximum atomic E-state index is 11.3. The molecule has 0 aliphatic carbocycles. The molecule has 16 heavy (non-hydrogen) atoms. The lowest BCUT2D eigenvalue weighted by atomic mass is 9.86. The number of amides is 1. The van der Waals surface area contributed by atoms with Crippen molar-refractivity contribution >= 4 is 11.9 Å². The molecule has 1 N–H and O–H groups in total. The van der Waals surface area contributed by atoms with Crippen LogP contribution in [0.4, 0.5) is 0 Å². The highest BCUT2D eigenvalue weighted by Gasteiger charge is 2.43. The van der Waals surface area contributed by atoms with E-state index in [9.17, 15) is 14.7 Å². The lowest BCUT2D eigenvalue weighted by Gasteiger charge is -2.39. The van der Waals surface area contributed by atoms with Gasteiger partial charge in [0.05, 0.1) is 5.60 Å². The van der Waals surface area contributed by atoms with Crippen molar-refractivity contribution in [3.63, 3.8) is 0 Å². The summed E-state index contributed by atoms with van der Waals surface area (Å²) in [5, 5.41) is 9.26. The molecule has 5 heteroatoms. The minimum absolute atomic E-state index is 0.224. The van der Waals surface area contributed by atoms with Gasteiger partial charge >= 0.3 is 5.97 Å². The van der Waals surface area contributed by atoms with E-state index in [2.05, 4.69) is 0 Å². The second-order valence-electron chi connectivity index (χ2n) is 4.80. The second-order valence-corrected chi connectivity index (χ2v) is 4.80. The first kappa shape index (κ1) is 14.9. The molecule has 0 aromatic rings. The maximum Gasteiger partial charge on any atom is 0.329 e. The fourth-order valence-electron chi connectivity index (χ4n) is 1.59. The van der Waals surface area contributed by atoms with E-state index >= 15 is 0 Å². The van der Waals surface area contributed by atoms with Crippen LogP contribution in [0.15, 0.2) is 0 Å². The van der Waals surface area contributed by atoms with Crippen LogP contribution in [0.5, 0.6) is 0 Å². The van der Waals surface area contributed by atoms with Crippen LogP contribution in [0.2, 0.25) is 0 Å². The predicted molar refractivity (Wildman–Crippen MR) is 60.2 cm³/mol. The number of likely N-dealkylation sites (N-methyl/N-ethyl adjacent to an activating group) is 1. The summed E-state index contributed by atoms with van der Waals surface area (Å²) in [5.41, 5.74) is -1.86. The zero-order chi connectivity index (χ0) is 13.1. The Morgan fingerprint density at radius 3 is 2.00 bits per heavy atom. The molecule has 0 rings (SSSR count). The van der Waals surface area contributed by atoms with Crippen molar-refractivity contribution in [3.8, 4) is 0 Å². The number of carboxylic acids is 1. The molecule has 0 aromatic heterocycles. The van der Waals surface area contributed by atoms with E-state index in [4.69, 9.17) is 4.74 Å². The van der Waals surface area contributed by atoms with Crippen molar-refractivity contribution < 1.29 is 19.4 Å². The molecular weight excluding hydrogens is 210 g/mol. The first-order valence-electron chi connectivity index (χ1n) is 5.10. The van der Waals surface area contributed by atoms with Crippen LogP contribution in [0.25, 0.3) is 0 Å². The van der Waals surface area contributed by atoms with E-state index < -0.39 is 17.1 Å². The van der Waals surface area contributed by atoms with Gasteiger partial charge in [0.25, 0.3) is 0 Å². The van der Waals surface area contributed by atoms with Gasteiger partial charge in [-0.3, -0.25) is 4.79 Å². The van der Waals surface area contributed by atoms with E-state index in [1.165, 1.54) is 32.9 Å². The maximum absolute atomic E-state index is 11.3. The molecule has 94 valence electrons. The van der Waals surface area contributed by atoms with Gasteiger partial charge in [-0.05, 0) is 20.8 Å². The predicted octanol–water partition coefficient (Wildman–Crippen LogP) is 1.12. The Morgan fingerprint density at radius 1 is 1.31 bits per heavy atom. The van der Waals surface area contributed by atoms with E-state index in [-0.39, 0.29) is 12.3 Å². The Morgan fingerprint density at radius 2 is 1.75 bits per heavy atom. The van der Waals surface area contributed by atoms with Crippen LogP contribution in [-0.2, 0) is 14.3 Å². The molecule has 1 atom stereocenters. The smallest absolute Gasteiger partial charge is 0.329 e. The summed E-state index contributed by atoms with van der Waals surface area (Å²) in [7, 11) is 3.01. The molecule has 5 nitrogen and oxygen atoms in total. The Hall–Kier alpha value is -1.10. The Bertz CT molecular complexity index is 288. The first-order valence-corrected chi connectivity index (χ1v) is 5.10. The van der Waals surface area contributed by atoms with Gasteiger partial charge in [-0.1, -0.05) is 0 Å². The molecule has 0 radical (unpaired) electrons. The van der Waals surface area contributed by atoms with E-state index in [1.54, 1.807) is 13.8 Å². The summed E-state index contributed by atoms with van der Waals surface area (Å²) in [5.74, 6) is -1.31. The number of aliphatic carboxylic acids is 1. The fraction of sp³-hybridized carbons (Fsp3) is 0.818. The molecule has 0 heterocycles. The van der Waals surface area contributed by atoms with Gasteiger partial charge in [-0.2, -0.15) is 0 Å². The normalized spacial score (nSPS) is 15.4. The van der Waals surface area contributed by atoms with Crippen molar-refractivity contribution in [2.75, 3.05) is 14.2 Å². The average Bonchev–Trinajstić information content (AvgIpc) is 2.15.